The van der Waals surface area contributed by atoms with Crippen molar-refractivity contribution in [2.75, 3.05) is 5.32 Å². The summed E-state index contributed by atoms with van der Waals surface area (Å²) in [7, 11) is 0. The van der Waals surface area contributed by atoms with Gasteiger partial charge in [0.05, 0.1) is 0 Å². The molecule has 4 nitrogen and oxygen atoms in total. The fourth-order valence-electron chi connectivity index (χ4n) is 1.33. The molecule has 0 aliphatic heterocycles. The molecule has 0 spiro atoms. The lowest BCUT2D eigenvalue weighted by atomic mass is 10.1. The Morgan fingerprint density at radius 2 is 1.88 bits per heavy atom. The number of carbonyl (C=O) groups is 1. The van der Waals surface area contributed by atoms with Gasteiger partial charge in [0.15, 0.2) is 0 Å². The number of hydrogen-bond donors (Lipinski definition) is 3. The summed E-state index contributed by atoms with van der Waals surface area (Å²) in [6, 6.07) is 6.97. The number of nitrogens with one attached hydrogen (secondary N) is 1. The molecule has 1 rings (SSSR count). The second kappa shape index (κ2) is 5.59. The molecule has 0 amide bonds. The zero-order chi connectivity index (χ0) is 13.0. The van der Waals surface area contributed by atoms with Gasteiger partial charge in [-0.2, -0.15) is 0 Å². The first-order chi connectivity index (χ1) is 7.91. The van der Waals surface area contributed by atoms with Crippen LogP contribution in [0.5, 0.6) is 0 Å². The van der Waals surface area contributed by atoms with Crippen LogP contribution in [0, 0.1) is 5.92 Å². The van der Waals surface area contributed by atoms with E-state index in [1.165, 1.54) is 0 Å². The molecule has 0 saturated heterocycles. The Labute approximate surface area is 105 Å². The van der Waals surface area contributed by atoms with Crippen LogP contribution in [0.1, 0.15) is 13.8 Å². The Hall–Kier alpha value is -1.68. The molecule has 0 radical (unpaired) electrons. The van der Waals surface area contributed by atoms with Gasteiger partial charge in [0.25, 0.3) is 0 Å². The van der Waals surface area contributed by atoms with Gasteiger partial charge in [0.2, 0.25) is 0 Å². The summed E-state index contributed by atoms with van der Waals surface area (Å²) in [6.07, 6.45) is 0. The third-order valence-corrected chi connectivity index (χ3v) is 2.47. The Bertz CT molecular complexity index is 438. The molecule has 0 atom stereocenters. The van der Waals surface area contributed by atoms with Gasteiger partial charge in [-0.1, -0.05) is 25.4 Å². The topological polar surface area (TPSA) is 75.3 Å². The number of allylic oxidation sites excluding steroid dienone is 1. The van der Waals surface area contributed by atoms with E-state index in [9.17, 15) is 4.79 Å². The van der Waals surface area contributed by atoms with Gasteiger partial charge in [0.1, 0.15) is 5.70 Å². The van der Waals surface area contributed by atoms with Crippen molar-refractivity contribution in [1.29, 1.82) is 0 Å². The summed E-state index contributed by atoms with van der Waals surface area (Å²) in [6.45, 7) is 3.74. The first kappa shape index (κ1) is 13.4. The maximum absolute atomic E-state index is 10.8. The maximum atomic E-state index is 10.8. The molecule has 0 heterocycles. The van der Waals surface area contributed by atoms with Crippen molar-refractivity contribution in [3.63, 3.8) is 0 Å². The summed E-state index contributed by atoms with van der Waals surface area (Å²) in [5.41, 5.74) is 6.60. The van der Waals surface area contributed by atoms with E-state index < -0.39 is 5.97 Å². The van der Waals surface area contributed by atoms with E-state index in [1.807, 2.05) is 13.8 Å². The van der Waals surface area contributed by atoms with Crippen LogP contribution in [-0.4, -0.2) is 11.1 Å². The van der Waals surface area contributed by atoms with E-state index in [-0.39, 0.29) is 11.6 Å². The van der Waals surface area contributed by atoms with Gasteiger partial charge in [-0.15, -0.1) is 0 Å². The smallest absolute Gasteiger partial charge is 0.353 e. The molecule has 0 fully saturated rings. The quantitative estimate of drug-likeness (QED) is 0.722. The first-order valence-electron chi connectivity index (χ1n) is 5.17. The summed E-state index contributed by atoms with van der Waals surface area (Å²) < 4.78 is 0. The highest BCUT2D eigenvalue weighted by Crippen LogP contribution is 2.19. The molecular weight excluding hydrogens is 240 g/mol. The van der Waals surface area contributed by atoms with Crippen molar-refractivity contribution in [3.05, 3.63) is 40.7 Å². The van der Waals surface area contributed by atoms with E-state index in [1.54, 1.807) is 24.3 Å². The second-order valence-corrected chi connectivity index (χ2v) is 4.36. The zero-order valence-electron chi connectivity index (χ0n) is 9.70. The van der Waals surface area contributed by atoms with E-state index in [0.29, 0.717) is 10.7 Å². The van der Waals surface area contributed by atoms with E-state index in [2.05, 4.69) is 5.32 Å². The Kier molecular flexibility index (Phi) is 4.40. The molecule has 0 saturated carbocycles. The van der Waals surface area contributed by atoms with Gasteiger partial charge in [-0.25, -0.2) is 4.79 Å². The monoisotopic (exact) mass is 254 g/mol. The van der Waals surface area contributed by atoms with Gasteiger partial charge >= 0.3 is 5.97 Å². The minimum absolute atomic E-state index is 0.0122. The van der Waals surface area contributed by atoms with Crippen LogP contribution in [0.15, 0.2) is 35.7 Å². The molecule has 17 heavy (non-hydrogen) atoms. The molecule has 0 bridgehead atoms. The van der Waals surface area contributed by atoms with Crippen LogP contribution < -0.4 is 11.1 Å². The number of carboxylic acids is 1. The van der Waals surface area contributed by atoms with Crippen LogP contribution in [0.4, 0.5) is 5.69 Å². The highest BCUT2D eigenvalue weighted by molar-refractivity contribution is 6.30. The molecule has 0 aliphatic carbocycles. The van der Waals surface area contributed by atoms with Gasteiger partial charge in [0, 0.05) is 16.4 Å². The molecule has 5 heteroatoms. The Balaban J connectivity index is 3.00. The van der Waals surface area contributed by atoms with Crippen LogP contribution in [0.3, 0.4) is 0 Å². The SMILES string of the molecule is CC(C)/C(Nc1ccc(Cl)cc1)=C(/N)C(=O)O. The molecule has 1 aromatic carbocycles. The van der Waals surface area contributed by atoms with Crippen molar-refractivity contribution in [2.24, 2.45) is 11.7 Å². The number of aliphatic carboxylic acids is 1. The first-order valence-corrected chi connectivity index (χ1v) is 5.55. The summed E-state index contributed by atoms with van der Waals surface area (Å²) >= 11 is 5.77. The minimum atomic E-state index is -1.13. The Morgan fingerprint density at radius 1 is 1.35 bits per heavy atom. The average molecular weight is 255 g/mol. The summed E-state index contributed by atoms with van der Waals surface area (Å²) in [5.74, 6) is -1.14. The lowest BCUT2D eigenvalue weighted by Crippen LogP contribution is -2.20. The van der Waals surface area contributed by atoms with Crippen LogP contribution in [0.25, 0.3) is 0 Å². The fourth-order valence-corrected chi connectivity index (χ4v) is 1.45. The van der Waals surface area contributed by atoms with Crippen molar-refractivity contribution >= 4 is 23.3 Å². The molecular formula is C12H15ClN2O2. The normalized spacial score (nSPS) is 12.2. The predicted octanol–water partition coefficient (Wildman–Crippen LogP) is 2.66. The predicted molar refractivity (Wildman–Crippen MR) is 68.8 cm³/mol. The van der Waals surface area contributed by atoms with Gasteiger partial charge in [-0.05, 0) is 30.2 Å². The molecule has 1 aromatic rings. The number of hydrogen-bond acceptors (Lipinski definition) is 3. The second-order valence-electron chi connectivity index (χ2n) is 3.92. The third kappa shape index (κ3) is 3.67. The summed E-state index contributed by atoms with van der Waals surface area (Å²) in [5, 5.41) is 12.5. The van der Waals surface area contributed by atoms with Crippen molar-refractivity contribution in [2.45, 2.75) is 13.8 Å². The number of nitrogens with two attached hydrogens (primary N) is 1. The fraction of sp³-hybridized carbons (Fsp3) is 0.250. The number of carboxylic acid groups (broad SMARTS) is 1. The molecule has 0 aliphatic rings. The lowest BCUT2D eigenvalue weighted by molar-refractivity contribution is -0.132. The van der Waals surface area contributed by atoms with Gasteiger partial charge < -0.3 is 16.2 Å². The zero-order valence-corrected chi connectivity index (χ0v) is 10.5. The van der Waals surface area contributed by atoms with E-state index >= 15 is 0 Å². The number of rotatable bonds is 4. The number of halogens is 1. The molecule has 4 N–H and O–H groups in total. The number of benzene rings is 1. The molecule has 0 aromatic heterocycles. The number of anilines is 1. The highest BCUT2D eigenvalue weighted by Gasteiger charge is 2.14. The van der Waals surface area contributed by atoms with Crippen molar-refractivity contribution in [3.8, 4) is 0 Å². The lowest BCUT2D eigenvalue weighted by Gasteiger charge is -2.16. The van der Waals surface area contributed by atoms with Crippen molar-refractivity contribution < 1.29 is 9.90 Å². The maximum Gasteiger partial charge on any atom is 0.353 e. The van der Waals surface area contributed by atoms with Crippen LogP contribution in [-0.2, 0) is 4.79 Å². The Morgan fingerprint density at radius 3 is 2.29 bits per heavy atom. The average Bonchev–Trinajstić information content (AvgIpc) is 2.26. The molecule has 0 unspecified atom stereocenters. The third-order valence-electron chi connectivity index (χ3n) is 2.22. The largest absolute Gasteiger partial charge is 0.477 e. The highest BCUT2D eigenvalue weighted by atomic mass is 35.5. The summed E-state index contributed by atoms with van der Waals surface area (Å²) in [4.78, 5) is 10.8. The van der Waals surface area contributed by atoms with E-state index in [0.717, 1.165) is 5.69 Å². The van der Waals surface area contributed by atoms with Gasteiger partial charge in [-0.3, -0.25) is 0 Å². The molecule has 92 valence electrons. The van der Waals surface area contributed by atoms with Crippen molar-refractivity contribution in [1.82, 2.24) is 0 Å². The van der Waals surface area contributed by atoms with E-state index in [4.69, 9.17) is 22.4 Å². The van der Waals surface area contributed by atoms with Crippen LogP contribution >= 0.6 is 11.6 Å². The standard InChI is InChI=1S/C12H15ClN2O2/c1-7(2)11(10(14)12(16)17)15-9-5-3-8(13)4-6-9/h3-7,15H,14H2,1-2H3,(H,16,17)/b11-10-. The van der Waals surface area contributed by atoms with Crippen LogP contribution in [0.2, 0.25) is 5.02 Å². The minimum Gasteiger partial charge on any atom is -0.477 e.